The van der Waals surface area contributed by atoms with E-state index in [2.05, 4.69) is 4.99 Å². The highest BCUT2D eigenvalue weighted by atomic mass is 16.2. The summed E-state index contributed by atoms with van der Waals surface area (Å²) in [5, 5.41) is 0. The molecule has 1 aliphatic heterocycles. The number of carbonyl (C=O) groups is 2. The van der Waals surface area contributed by atoms with Gasteiger partial charge in [0.1, 0.15) is 12.3 Å². The third kappa shape index (κ3) is 1.29. The molecule has 0 bridgehead atoms. The highest BCUT2D eigenvalue weighted by molar-refractivity contribution is 6.09. The molecule has 4 nitrogen and oxygen atoms in total. The molecule has 2 amide bonds. The summed E-state index contributed by atoms with van der Waals surface area (Å²) in [6.07, 6.45) is 1.30. The Morgan fingerprint density at radius 1 is 1.64 bits per heavy atom. The molecule has 11 heavy (non-hydrogen) atoms. The number of amides is 2. The van der Waals surface area contributed by atoms with E-state index in [1.54, 1.807) is 6.92 Å². The standard InChI is InChI=1S/C7H10N2O2/c1-3-9-4-8-6(10)5(2)7(9)11/h4-5H,3H2,1-2H3. The molecule has 1 heterocycles. The Morgan fingerprint density at radius 3 is 2.82 bits per heavy atom. The number of nitrogens with zero attached hydrogens (tertiary/aromatic N) is 2. The van der Waals surface area contributed by atoms with E-state index < -0.39 is 5.92 Å². The van der Waals surface area contributed by atoms with Gasteiger partial charge in [-0.05, 0) is 13.8 Å². The van der Waals surface area contributed by atoms with Gasteiger partial charge in [-0.15, -0.1) is 0 Å². The van der Waals surface area contributed by atoms with Gasteiger partial charge < -0.3 is 4.90 Å². The highest BCUT2D eigenvalue weighted by Gasteiger charge is 2.28. The van der Waals surface area contributed by atoms with Crippen molar-refractivity contribution in [1.29, 1.82) is 0 Å². The fourth-order valence-corrected chi connectivity index (χ4v) is 0.887. The van der Waals surface area contributed by atoms with Crippen LogP contribution in [0, 0.1) is 5.92 Å². The quantitative estimate of drug-likeness (QED) is 0.501. The van der Waals surface area contributed by atoms with E-state index in [0.717, 1.165) is 0 Å². The number of aliphatic imine (C=N–C) groups is 1. The van der Waals surface area contributed by atoms with Crippen LogP contribution < -0.4 is 0 Å². The molecule has 0 aromatic heterocycles. The van der Waals surface area contributed by atoms with Crippen LogP contribution in [0.25, 0.3) is 0 Å². The van der Waals surface area contributed by atoms with E-state index in [1.807, 2.05) is 6.92 Å². The molecule has 0 spiro atoms. The van der Waals surface area contributed by atoms with E-state index in [9.17, 15) is 9.59 Å². The summed E-state index contributed by atoms with van der Waals surface area (Å²) in [6, 6.07) is 0. The molecular weight excluding hydrogens is 144 g/mol. The van der Waals surface area contributed by atoms with E-state index in [4.69, 9.17) is 0 Å². The number of rotatable bonds is 1. The van der Waals surface area contributed by atoms with Crippen molar-refractivity contribution in [2.75, 3.05) is 6.54 Å². The predicted molar refractivity (Wildman–Crippen MR) is 40.1 cm³/mol. The van der Waals surface area contributed by atoms with E-state index >= 15 is 0 Å². The summed E-state index contributed by atoms with van der Waals surface area (Å²) >= 11 is 0. The van der Waals surface area contributed by atoms with Crippen LogP contribution in [0.2, 0.25) is 0 Å². The van der Waals surface area contributed by atoms with Gasteiger partial charge in [0.25, 0.3) is 5.91 Å². The molecule has 1 rings (SSSR count). The van der Waals surface area contributed by atoms with Crippen LogP contribution in [0.5, 0.6) is 0 Å². The van der Waals surface area contributed by atoms with Gasteiger partial charge >= 0.3 is 0 Å². The average molecular weight is 154 g/mol. The van der Waals surface area contributed by atoms with Gasteiger partial charge in [0.2, 0.25) is 5.91 Å². The normalized spacial score (nSPS) is 24.5. The van der Waals surface area contributed by atoms with Gasteiger partial charge in [-0.2, -0.15) is 0 Å². The fraction of sp³-hybridized carbons (Fsp3) is 0.571. The van der Waals surface area contributed by atoms with Crippen LogP contribution in [0.1, 0.15) is 13.8 Å². The number of carbonyl (C=O) groups excluding carboxylic acids is 2. The van der Waals surface area contributed by atoms with Crippen LogP contribution in [-0.4, -0.2) is 29.6 Å². The minimum atomic E-state index is -0.597. The molecule has 1 atom stereocenters. The third-order valence-electron chi connectivity index (χ3n) is 1.69. The topological polar surface area (TPSA) is 49.7 Å². The number of hydrogen-bond donors (Lipinski definition) is 0. The molecule has 0 aromatic rings. The van der Waals surface area contributed by atoms with Crippen molar-refractivity contribution in [2.45, 2.75) is 13.8 Å². The molecule has 0 fully saturated rings. The predicted octanol–water partition coefficient (Wildman–Crippen LogP) is 0.0395. The molecule has 0 aliphatic carbocycles. The Kier molecular flexibility index (Phi) is 2.03. The van der Waals surface area contributed by atoms with Crippen LogP contribution >= 0.6 is 0 Å². The van der Waals surface area contributed by atoms with Gasteiger partial charge in [0, 0.05) is 6.54 Å². The monoisotopic (exact) mass is 154 g/mol. The Morgan fingerprint density at radius 2 is 2.27 bits per heavy atom. The zero-order valence-electron chi connectivity index (χ0n) is 6.57. The smallest absolute Gasteiger partial charge is 0.259 e. The van der Waals surface area contributed by atoms with Crippen molar-refractivity contribution >= 4 is 18.2 Å². The van der Waals surface area contributed by atoms with Gasteiger partial charge in [-0.25, -0.2) is 4.99 Å². The van der Waals surface area contributed by atoms with Crippen LogP contribution in [0.4, 0.5) is 0 Å². The Bertz CT molecular complexity index is 222. The second-order valence-electron chi connectivity index (χ2n) is 2.43. The van der Waals surface area contributed by atoms with Crippen LogP contribution in [-0.2, 0) is 9.59 Å². The van der Waals surface area contributed by atoms with Crippen molar-refractivity contribution in [3.05, 3.63) is 0 Å². The maximum Gasteiger partial charge on any atom is 0.259 e. The average Bonchev–Trinajstić information content (AvgIpc) is 2.01. The Hall–Kier alpha value is -1.19. The molecule has 4 heteroatoms. The summed E-state index contributed by atoms with van der Waals surface area (Å²) < 4.78 is 0. The highest BCUT2D eigenvalue weighted by Crippen LogP contribution is 2.07. The molecule has 0 radical (unpaired) electrons. The van der Waals surface area contributed by atoms with E-state index in [0.29, 0.717) is 6.54 Å². The zero-order chi connectivity index (χ0) is 8.43. The molecule has 60 valence electrons. The first kappa shape index (κ1) is 7.91. The molecular formula is C7H10N2O2. The zero-order valence-corrected chi connectivity index (χ0v) is 6.57. The second-order valence-corrected chi connectivity index (χ2v) is 2.43. The first-order chi connectivity index (χ1) is 5.16. The first-order valence-electron chi connectivity index (χ1n) is 3.55. The minimum Gasteiger partial charge on any atom is -0.302 e. The van der Waals surface area contributed by atoms with Crippen molar-refractivity contribution in [1.82, 2.24) is 4.90 Å². The maximum absolute atomic E-state index is 11.2. The molecule has 1 unspecified atom stereocenters. The van der Waals surface area contributed by atoms with Gasteiger partial charge in [-0.1, -0.05) is 0 Å². The SMILES string of the molecule is CCN1C=NC(=O)C(C)C1=O. The lowest BCUT2D eigenvalue weighted by Gasteiger charge is -2.21. The Labute approximate surface area is 64.9 Å². The van der Waals surface area contributed by atoms with E-state index in [1.165, 1.54) is 11.2 Å². The molecule has 1 aliphatic rings. The molecule has 0 saturated carbocycles. The summed E-state index contributed by atoms with van der Waals surface area (Å²) in [5.74, 6) is -1.10. The lowest BCUT2D eigenvalue weighted by atomic mass is 10.1. The van der Waals surface area contributed by atoms with Crippen molar-refractivity contribution in [2.24, 2.45) is 10.9 Å². The van der Waals surface area contributed by atoms with E-state index in [-0.39, 0.29) is 11.8 Å². The lowest BCUT2D eigenvalue weighted by molar-refractivity contribution is -0.138. The Balaban J connectivity index is 2.84. The fourth-order valence-electron chi connectivity index (χ4n) is 0.887. The van der Waals surface area contributed by atoms with Crippen molar-refractivity contribution in [3.8, 4) is 0 Å². The van der Waals surface area contributed by atoms with Crippen molar-refractivity contribution < 1.29 is 9.59 Å². The second kappa shape index (κ2) is 2.82. The minimum absolute atomic E-state index is 0.160. The summed E-state index contributed by atoms with van der Waals surface area (Å²) in [5.41, 5.74) is 0. The van der Waals surface area contributed by atoms with Gasteiger partial charge in [0.15, 0.2) is 0 Å². The maximum atomic E-state index is 11.2. The van der Waals surface area contributed by atoms with Gasteiger partial charge in [0.05, 0.1) is 0 Å². The third-order valence-corrected chi connectivity index (χ3v) is 1.69. The van der Waals surface area contributed by atoms with Crippen LogP contribution in [0.15, 0.2) is 4.99 Å². The summed E-state index contributed by atoms with van der Waals surface area (Å²) in [4.78, 5) is 27.0. The lowest BCUT2D eigenvalue weighted by Crippen LogP contribution is -2.40. The largest absolute Gasteiger partial charge is 0.302 e. The first-order valence-corrected chi connectivity index (χ1v) is 3.55. The molecule has 0 saturated heterocycles. The number of hydrogen-bond acceptors (Lipinski definition) is 2. The van der Waals surface area contributed by atoms with Crippen molar-refractivity contribution in [3.63, 3.8) is 0 Å². The van der Waals surface area contributed by atoms with Crippen LogP contribution in [0.3, 0.4) is 0 Å². The summed E-state index contributed by atoms with van der Waals surface area (Å²) in [6.45, 7) is 3.98. The summed E-state index contributed by atoms with van der Waals surface area (Å²) in [7, 11) is 0. The van der Waals surface area contributed by atoms with Gasteiger partial charge in [-0.3, -0.25) is 9.59 Å². The molecule has 0 aromatic carbocycles. The molecule has 0 N–H and O–H groups in total.